The topological polar surface area (TPSA) is 128 Å². The third-order valence-corrected chi connectivity index (χ3v) is 8.99. The number of hydrogen-bond donors (Lipinski definition) is 2. The number of fused-ring (bicyclic) bond motifs is 1. The van der Waals surface area contributed by atoms with Crippen LogP contribution in [0.3, 0.4) is 0 Å². The molecule has 2 fully saturated rings. The van der Waals surface area contributed by atoms with Crippen LogP contribution in [0.2, 0.25) is 0 Å². The lowest BCUT2D eigenvalue weighted by Crippen LogP contribution is -2.53. The Bertz CT molecular complexity index is 1720. The standard InChI is InChI=1S/C32H31FN6O5S/c1-19-23(4-3-5-24(19)33)28-27(31(42)44-2)25(35-29(36-28)30-34-12-15-45-30)18-37-13-14-38-22(16-37)17-39(32(38)43)21-9-6-20(7-10-21)8-11-26(40)41/h3-12,15,22,28H,13-14,16-18H2,1-2H3,(H,35,36)(H,40,41)/b11-8+/t22-,28-/m0/s1. The molecular weight excluding hydrogens is 599 g/mol. The fourth-order valence-corrected chi connectivity index (χ4v) is 6.54. The number of aromatic nitrogens is 1. The highest BCUT2D eigenvalue weighted by molar-refractivity contribution is 7.11. The highest BCUT2D eigenvalue weighted by Crippen LogP contribution is 2.36. The van der Waals surface area contributed by atoms with Gasteiger partial charge in [0.05, 0.1) is 18.7 Å². The SMILES string of the molecule is COC(=O)C1=C(CN2CCN3C(=O)N(c4ccc(/C=C/C(=O)O)cc4)C[C@@H]3C2)NC(c2nccs2)=N[C@H]1c1cccc(F)c1C. The van der Waals surface area contributed by atoms with E-state index in [-0.39, 0.29) is 17.9 Å². The van der Waals surface area contributed by atoms with Crippen LogP contribution in [0.4, 0.5) is 14.9 Å². The number of aliphatic carboxylic acids is 1. The van der Waals surface area contributed by atoms with Gasteiger partial charge in [0, 0.05) is 61.8 Å². The van der Waals surface area contributed by atoms with Crippen molar-refractivity contribution in [2.24, 2.45) is 4.99 Å². The summed E-state index contributed by atoms with van der Waals surface area (Å²) in [5.74, 6) is -1.49. The molecule has 3 aliphatic rings. The number of amidine groups is 1. The van der Waals surface area contributed by atoms with Crippen molar-refractivity contribution in [3.8, 4) is 0 Å². The van der Waals surface area contributed by atoms with Crippen molar-refractivity contribution in [3.05, 3.63) is 98.9 Å². The highest BCUT2D eigenvalue weighted by Gasteiger charge is 2.42. The third-order valence-electron chi connectivity index (χ3n) is 8.21. The molecule has 13 heteroatoms. The van der Waals surface area contributed by atoms with Gasteiger partial charge in [0.2, 0.25) is 0 Å². The van der Waals surface area contributed by atoms with Crippen molar-refractivity contribution < 1.29 is 28.6 Å². The predicted molar refractivity (Wildman–Crippen MR) is 167 cm³/mol. The Labute approximate surface area is 262 Å². The van der Waals surface area contributed by atoms with Crippen LogP contribution in [0, 0.1) is 12.7 Å². The summed E-state index contributed by atoms with van der Waals surface area (Å²) in [5.41, 5.74) is 3.31. The third kappa shape index (κ3) is 6.08. The summed E-state index contributed by atoms with van der Waals surface area (Å²) in [4.78, 5) is 52.5. The number of ether oxygens (including phenoxy) is 1. The number of aliphatic imine (C=N–C) groups is 1. The Kier molecular flexibility index (Phi) is 8.46. The van der Waals surface area contributed by atoms with Gasteiger partial charge in [-0.1, -0.05) is 24.3 Å². The van der Waals surface area contributed by atoms with Gasteiger partial charge in [0.25, 0.3) is 0 Å². The molecule has 3 aromatic rings. The first-order chi connectivity index (χ1) is 21.7. The van der Waals surface area contributed by atoms with Crippen LogP contribution in [0.25, 0.3) is 6.08 Å². The minimum atomic E-state index is -1.03. The number of nitrogens with one attached hydrogen (secondary N) is 1. The normalized spacial score (nSPS) is 20.3. The first-order valence-electron chi connectivity index (χ1n) is 14.4. The summed E-state index contributed by atoms with van der Waals surface area (Å²) in [6.07, 6.45) is 4.25. The smallest absolute Gasteiger partial charge is 0.338 e. The number of carbonyl (C=O) groups excluding carboxylic acids is 2. The zero-order valence-corrected chi connectivity index (χ0v) is 25.5. The molecule has 2 aromatic carbocycles. The molecule has 4 heterocycles. The molecule has 0 bridgehead atoms. The van der Waals surface area contributed by atoms with E-state index in [4.69, 9.17) is 14.8 Å². The minimum absolute atomic E-state index is 0.0847. The van der Waals surface area contributed by atoms with Crippen LogP contribution in [0.15, 0.2) is 76.4 Å². The zero-order chi connectivity index (χ0) is 31.7. The van der Waals surface area contributed by atoms with Crippen molar-refractivity contribution >= 4 is 46.9 Å². The van der Waals surface area contributed by atoms with Crippen LogP contribution < -0.4 is 10.2 Å². The molecule has 11 nitrogen and oxygen atoms in total. The molecule has 2 N–H and O–H groups in total. The second-order valence-electron chi connectivity index (χ2n) is 10.9. The van der Waals surface area contributed by atoms with E-state index in [1.54, 1.807) is 42.3 Å². The van der Waals surface area contributed by atoms with Crippen LogP contribution in [-0.2, 0) is 14.3 Å². The number of hydrogen-bond acceptors (Lipinski definition) is 9. The lowest BCUT2D eigenvalue weighted by atomic mass is 9.92. The number of methoxy groups -OCH3 is 1. The van der Waals surface area contributed by atoms with Crippen molar-refractivity contribution in [1.82, 2.24) is 20.1 Å². The van der Waals surface area contributed by atoms with Gasteiger partial charge in [-0.2, -0.15) is 0 Å². The average Bonchev–Trinajstić information content (AvgIpc) is 3.69. The lowest BCUT2D eigenvalue weighted by Gasteiger charge is -2.38. The Morgan fingerprint density at radius 3 is 2.69 bits per heavy atom. The van der Waals surface area contributed by atoms with Gasteiger partial charge < -0.3 is 20.1 Å². The van der Waals surface area contributed by atoms with Crippen LogP contribution >= 0.6 is 11.3 Å². The Hall–Kier alpha value is -4.88. The summed E-state index contributed by atoms with van der Waals surface area (Å²) in [6, 6.07) is 11.0. The van der Waals surface area contributed by atoms with Gasteiger partial charge in [-0.25, -0.2) is 23.8 Å². The van der Waals surface area contributed by atoms with E-state index >= 15 is 0 Å². The predicted octanol–water partition coefficient (Wildman–Crippen LogP) is 3.83. The molecule has 2 saturated heterocycles. The molecule has 0 aliphatic carbocycles. The number of carbonyl (C=O) groups is 3. The van der Waals surface area contributed by atoms with Crippen molar-refractivity contribution in [1.29, 1.82) is 0 Å². The van der Waals surface area contributed by atoms with Gasteiger partial charge in [-0.3, -0.25) is 14.8 Å². The number of thiazole rings is 1. The van der Waals surface area contributed by atoms with Gasteiger partial charge >= 0.3 is 18.0 Å². The number of urea groups is 1. The first-order valence-corrected chi connectivity index (χ1v) is 15.2. The summed E-state index contributed by atoms with van der Waals surface area (Å²) < 4.78 is 19.9. The molecule has 45 heavy (non-hydrogen) atoms. The number of esters is 1. The first kappa shape index (κ1) is 30.2. The van der Waals surface area contributed by atoms with Crippen LogP contribution in [-0.4, -0.2) is 89.6 Å². The van der Waals surface area contributed by atoms with Gasteiger partial charge in [-0.05, 0) is 47.9 Å². The molecule has 2 amide bonds. The maximum Gasteiger partial charge on any atom is 0.338 e. The fraction of sp³-hybridized carbons (Fsp3) is 0.281. The summed E-state index contributed by atoms with van der Waals surface area (Å²) in [5, 5.41) is 14.7. The molecule has 0 unspecified atom stereocenters. The average molecular weight is 631 g/mol. The number of amides is 2. The summed E-state index contributed by atoms with van der Waals surface area (Å²) in [7, 11) is 1.31. The molecule has 2 atom stereocenters. The zero-order valence-electron chi connectivity index (χ0n) is 24.6. The Balaban J connectivity index is 1.26. The molecule has 3 aliphatic heterocycles. The molecule has 0 spiro atoms. The molecular formula is C32H31FN6O5S. The Morgan fingerprint density at radius 1 is 1.18 bits per heavy atom. The van der Waals surface area contributed by atoms with E-state index in [2.05, 4.69) is 15.2 Å². The maximum atomic E-state index is 14.7. The minimum Gasteiger partial charge on any atom is -0.478 e. The van der Waals surface area contributed by atoms with E-state index < -0.39 is 18.0 Å². The molecule has 0 saturated carbocycles. The van der Waals surface area contributed by atoms with Crippen LogP contribution in [0.5, 0.6) is 0 Å². The molecule has 0 radical (unpaired) electrons. The van der Waals surface area contributed by atoms with E-state index in [1.165, 1.54) is 30.6 Å². The van der Waals surface area contributed by atoms with E-state index in [0.29, 0.717) is 66.0 Å². The van der Waals surface area contributed by atoms with Gasteiger partial charge in [-0.15, -0.1) is 11.3 Å². The molecule has 6 rings (SSSR count). The van der Waals surface area contributed by atoms with Crippen LogP contribution in [0.1, 0.15) is 27.7 Å². The number of halogens is 1. The lowest BCUT2D eigenvalue weighted by molar-refractivity contribution is -0.136. The van der Waals surface area contributed by atoms with Crippen molar-refractivity contribution in [2.75, 3.05) is 44.7 Å². The Morgan fingerprint density at radius 2 is 1.98 bits per heavy atom. The number of piperazine rings is 1. The van der Waals surface area contributed by atoms with Gasteiger partial charge in [0.15, 0.2) is 10.8 Å². The number of carboxylic acids is 1. The van der Waals surface area contributed by atoms with Gasteiger partial charge in [0.1, 0.15) is 11.9 Å². The second kappa shape index (κ2) is 12.6. The maximum absolute atomic E-state index is 14.7. The van der Waals surface area contributed by atoms with Crippen molar-refractivity contribution in [3.63, 3.8) is 0 Å². The summed E-state index contributed by atoms with van der Waals surface area (Å²) in [6.45, 7) is 4.13. The monoisotopic (exact) mass is 630 g/mol. The number of carboxylic acid groups (broad SMARTS) is 1. The van der Waals surface area contributed by atoms with E-state index in [1.807, 2.05) is 22.4 Å². The van der Waals surface area contributed by atoms with Crippen molar-refractivity contribution in [2.45, 2.75) is 19.0 Å². The summed E-state index contributed by atoms with van der Waals surface area (Å²) >= 11 is 1.40. The van der Waals surface area contributed by atoms with E-state index in [0.717, 1.165) is 17.3 Å². The fourth-order valence-electron chi connectivity index (χ4n) is 5.95. The number of rotatable bonds is 8. The number of anilines is 1. The second-order valence-corrected chi connectivity index (χ2v) is 11.8. The quantitative estimate of drug-likeness (QED) is 0.284. The van der Waals surface area contributed by atoms with E-state index in [9.17, 15) is 18.8 Å². The number of nitrogens with zero attached hydrogens (tertiary/aromatic N) is 5. The molecule has 1 aromatic heterocycles. The highest BCUT2D eigenvalue weighted by atomic mass is 32.1. The number of benzene rings is 2. The largest absolute Gasteiger partial charge is 0.478 e. The molecule has 232 valence electrons.